The molecule has 0 aromatic heterocycles. The molecule has 2 atom stereocenters. The normalized spacial score (nSPS) is 13.7. The van der Waals surface area contributed by atoms with Crippen molar-refractivity contribution in [1.29, 1.82) is 0 Å². The number of carbonyl (C=O) groups is 3. The Morgan fingerprint density at radius 2 is 0.640 bits per heavy atom. The number of hydrogen-bond acceptors (Lipinski definition) is 8. The molecule has 0 fully saturated rings. The summed E-state index contributed by atoms with van der Waals surface area (Å²) in [5.41, 5.74) is 0. The maximum Gasteiger partial charge on any atom is 0.306 e. The highest BCUT2D eigenvalue weighted by molar-refractivity contribution is 5.70. The van der Waals surface area contributed by atoms with E-state index in [0.717, 1.165) is 135 Å². The number of carboxylic acid groups (broad SMARTS) is 1. The molecule has 0 aromatic rings. The van der Waals surface area contributed by atoms with Crippen molar-refractivity contribution >= 4 is 17.9 Å². The lowest BCUT2D eigenvalue weighted by Gasteiger charge is -2.26. The number of nitrogens with zero attached hydrogens (tertiary/aromatic N) is 1. The SMILES string of the molecule is CC/C=C\C/C=C\C/C=C\C/C=C\C/C=C\C/C=C\C/C=C\C/C=C\C/C=C\C/C=C\CCCCCCCCC(=O)OC(COC(=O)CCCCCCCCCCCCCC/C=C\C/C=C\C/C=C\CCCCCCC)COC(OCC[N+](C)(C)C)C(=O)[O-]. The molecule has 0 aliphatic carbocycles. The molecule has 2 unspecified atom stereocenters. The van der Waals surface area contributed by atoms with Crippen LogP contribution in [0.3, 0.4) is 0 Å². The topological polar surface area (TPSA) is 111 Å². The number of carbonyl (C=O) groups excluding carboxylic acids is 3. The van der Waals surface area contributed by atoms with Crippen molar-refractivity contribution in [3.05, 3.63) is 158 Å². The smallest absolute Gasteiger partial charge is 0.306 e. The molecule has 0 saturated carbocycles. The molecule has 0 rings (SSSR count). The van der Waals surface area contributed by atoms with Gasteiger partial charge in [-0.3, -0.25) is 9.59 Å². The van der Waals surface area contributed by atoms with Gasteiger partial charge in [0.1, 0.15) is 13.2 Å². The molecule has 9 nitrogen and oxygen atoms in total. The summed E-state index contributed by atoms with van der Waals surface area (Å²) in [6.07, 6.45) is 98.9. The van der Waals surface area contributed by atoms with Gasteiger partial charge in [-0.15, -0.1) is 0 Å². The fraction of sp³-hybridized carbons (Fsp3) is 0.637. The first-order valence-corrected chi connectivity index (χ1v) is 35.6. The third kappa shape index (κ3) is 70.2. The molecule has 9 heteroatoms. The van der Waals surface area contributed by atoms with Gasteiger partial charge < -0.3 is 33.3 Å². The average Bonchev–Trinajstić information content (AvgIpc) is 3.70. The van der Waals surface area contributed by atoms with E-state index in [0.29, 0.717) is 17.4 Å². The Morgan fingerprint density at radius 3 is 0.955 bits per heavy atom. The molecule has 0 bridgehead atoms. The number of rotatable bonds is 64. The first-order chi connectivity index (χ1) is 43.6. The quantitative estimate of drug-likeness (QED) is 0.0195. The number of quaternary nitrogens is 1. The average molecular weight is 1230 g/mol. The summed E-state index contributed by atoms with van der Waals surface area (Å²) in [6.45, 7) is 4.60. The zero-order chi connectivity index (χ0) is 64.7. The van der Waals surface area contributed by atoms with Crippen LogP contribution in [0.5, 0.6) is 0 Å². The van der Waals surface area contributed by atoms with Crippen molar-refractivity contribution in [2.24, 2.45) is 0 Å². The van der Waals surface area contributed by atoms with E-state index in [9.17, 15) is 19.5 Å². The Kier molecular flexibility index (Phi) is 64.9. The Morgan fingerprint density at radius 1 is 0.348 bits per heavy atom. The van der Waals surface area contributed by atoms with Gasteiger partial charge in [0, 0.05) is 12.8 Å². The van der Waals surface area contributed by atoms with Crippen molar-refractivity contribution in [3.63, 3.8) is 0 Å². The zero-order valence-electron chi connectivity index (χ0n) is 57.5. The maximum atomic E-state index is 12.9. The summed E-state index contributed by atoms with van der Waals surface area (Å²) in [4.78, 5) is 37.5. The van der Waals surface area contributed by atoms with Gasteiger partial charge in [0.25, 0.3) is 0 Å². The Labute approximate surface area is 546 Å². The van der Waals surface area contributed by atoms with Crippen LogP contribution < -0.4 is 5.11 Å². The molecule has 0 amide bonds. The van der Waals surface area contributed by atoms with Crippen LogP contribution in [0.1, 0.15) is 271 Å². The maximum absolute atomic E-state index is 12.9. The van der Waals surface area contributed by atoms with Crippen LogP contribution in [0.15, 0.2) is 158 Å². The van der Waals surface area contributed by atoms with Crippen LogP contribution in [0.4, 0.5) is 0 Å². The van der Waals surface area contributed by atoms with E-state index in [1.54, 1.807) is 0 Å². The standard InChI is InChI=1S/C80H131NO8/c1-6-8-10-12-14-16-18-20-22-24-26-28-30-32-34-35-36-37-38-39-40-41-42-43-45-47-49-51-53-55-57-59-61-63-65-67-69-71-78(83)89-76(75-88-80(79(84)85)86-73-72-81(3,4)5)74-87-77(82)70-68-66-64-62-60-58-56-54-52-50-48-46-44-33-31-29-27-25-23-21-19-17-15-13-11-9-7-2/h8,10,14,16,19-22,25-28,31-34,36-37,39-40,42-43,47,49,53,55,76,80H,6-7,9,11-13,15,17-18,23-24,29-30,35,38,41,44-46,48,50-52,54,56-75H2,1-5H3/b10-8-,16-14-,21-19-,22-20-,27-25-,28-26-,33-31-,34-32-,37-36-,40-39-,43-42-,49-47-,55-53-. The predicted octanol–water partition coefficient (Wildman–Crippen LogP) is 21.1. The summed E-state index contributed by atoms with van der Waals surface area (Å²) in [5, 5.41) is 11.8. The van der Waals surface area contributed by atoms with Gasteiger partial charge in [0.2, 0.25) is 0 Å². The highest BCUT2D eigenvalue weighted by atomic mass is 16.7. The summed E-state index contributed by atoms with van der Waals surface area (Å²) < 4.78 is 22.8. The first-order valence-electron chi connectivity index (χ1n) is 35.6. The van der Waals surface area contributed by atoms with E-state index in [4.69, 9.17) is 18.9 Å². The molecular formula is C80H131NO8. The van der Waals surface area contributed by atoms with Crippen LogP contribution in [0, 0.1) is 0 Å². The van der Waals surface area contributed by atoms with Gasteiger partial charge >= 0.3 is 11.9 Å². The highest BCUT2D eigenvalue weighted by Crippen LogP contribution is 2.16. The van der Waals surface area contributed by atoms with Crippen molar-refractivity contribution in [2.45, 2.75) is 283 Å². The van der Waals surface area contributed by atoms with Gasteiger partial charge in [0.15, 0.2) is 12.4 Å². The van der Waals surface area contributed by atoms with E-state index >= 15 is 0 Å². The summed E-state index contributed by atoms with van der Waals surface area (Å²) >= 11 is 0. The van der Waals surface area contributed by atoms with Gasteiger partial charge in [-0.25, -0.2) is 0 Å². The third-order valence-corrected chi connectivity index (χ3v) is 14.8. The summed E-state index contributed by atoms with van der Waals surface area (Å²) in [5.74, 6) is -2.32. The first kappa shape index (κ1) is 83.9. The minimum absolute atomic E-state index is 0.136. The zero-order valence-corrected chi connectivity index (χ0v) is 57.5. The van der Waals surface area contributed by atoms with E-state index in [1.165, 1.54) is 103 Å². The van der Waals surface area contributed by atoms with Crippen LogP contribution >= 0.6 is 0 Å². The van der Waals surface area contributed by atoms with E-state index in [-0.39, 0.29) is 38.6 Å². The van der Waals surface area contributed by atoms with E-state index in [1.807, 2.05) is 21.1 Å². The summed E-state index contributed by atoms with van der Waals surface area (Å²) in [7, 11) is 5.91. The van der Waals surface area contributed by atoms with Crippen LogP contribution in [-0.2, 0) is 33.3 Å². The molecule has 0 spiro atoms. The van der Waals surface area contributed by atoms with Gasteiger partial charge in [-0.1, -0.05) is 287 Å². The predicted molar refractivity (Wildman–Crippen MR) is 379 cm³/mol. The Bertz CT molecular complexity index is 2020. The molecule has 0 heterocycles. The molecule has 0 N–H and O–H groups in total. The number of unbranched alkanes of at least 4 members (excludes halogenated alkanes) is 23. The molecule has 504 valence electrons. The fourth-order valence-electron chi connectivity index (χ4n) is 9.34. The lowest BCUT2D eigenvalue weighted by atomic mass is 10.0. The highest BCUT2D eigenvalue weighted by Gasteiger charge is 2.22. The number of allylic oxidation sites excluding steroid dienone is 26. The van der Waals surface area contributed by atoms with Gasteiger partial charge in [-0.2, -0.15) is 0 Å². The van der Waals surface area contributed by atoms with Crippen LogP contribution in [0.25, 0.3) is 0 Å². The molecule has 0 radical (unpaired) electrons. The number of aliphatic carboxylic acids is 1. The van der Waals surface area contributed by atoms with E-state index < -0.39 is 24.3 Å². The third-order valence-electron chi connectivity index (χ3n) is 14.8. The van der Waals surface area contributed by atoms with Gasteiger partial charge in [-0.05, 0) is 128 Å². The second-order valence-electron chi connectivity index (χ2n) is 24.4. The largest absolute Gasteiger partial charge is 0.545 e. The van der Waals surface area contributed by atoms with E-state index in [2.05, 4.69) is 172 Å². The second-order valence-corrected chi connectivity index (χ2v) is 24.4. The second kappa shape index (κ2) is 68.8. The summed E-state index contributed by atoms with van der Waals surface area (Å²) in [6, 6.07) is 0. The Balaban J connectivity index is 4.22. The van der Waals surface area contributed by atoms with Crippen molar-refractivity contribution < 1.29 is 42.9 Å². The van der Waals surface area contributed by atoms with Crippen LogP contribution in [-0.4, -0.2) is 82.3 Å². The molecular weight excluding hydrogens is 1100 g/mol. The number of esters is 2. The fourth-order valence-corrected chi connectivity index (χ4v) is 9.34. The number of ether oxygens (including phenoxy) is 4. The van der Waals surface area contributed by atoms with Crippen molar-refractivity contribution in [1.82, 2.24) is 0 Å². The minimum atomic E-state index is -1.64. The number of carboxylic acids is 1. The molecule has 0 saturated heterocycles. The number of hydrogen-bond donors (Lipinski definition) is 0. The monoisotopic (exact) mass is 1230 g/mol. The Hall–Kier alpha value is -5.09. The van der Waals surface area contributed by atoms with Crippen molar-refractivity contribution in [2.75, 3.05) is 47.5 Å². The minimum Gasteiger partial charge on any atom is -0.545 e. The van der Waals surface area contributed by atoms with Gasteiger partial charge in [0.05, 0.1) is 40.3 Å². The molecule has 0 aromatic carbocycles. The lowest BCUT2D eigenvalue weighted by molar-refractivity contribution is -0.870. The molecule has 89 heavy (non-hydrogen) atoms. The van der Waals surface area contributed by atoms with Crippen LogP contribution in [0.2, 0.25) is 0 Å². The molecule has 0 aliphatic heterocycles. The lowest BCUT2D eigenvalue weighted by Crippen LogP contribution is -2.44. The number of likely N-dealkylation sites (N-methyl/N-ethyl adjacent to an activating group) is 1. The molecule has 0 aliphatic rings. The van der Waals surface area contributed by atoms with Crippen molar-refractivity contribution in [3.8, 4) is 0 Å².